The monoisotopic (exact) mass is 289 g/mol. The van der Waals surface area contributed by atoms with Crippen LogP contribution in [-0.2, 0) is 4.74 Å². The number of hydrogen-bond acceptors (Lipinski definition) is 6. The van der Waals surface area contributed by atoms with Crippen LogP contribution in [0.3, 0.4) is 0 Å². The lowest BCUT2D eigenvalue weighted by molar-refractivity contribution is -0.386. The molecule has 1 aromatic rings. The van der Waals surface area contributed by atoms with Crippen molar-refractivity contribution in [1.82, 2.24) is 9.78 Å². The van der Waals surface area contributed by atoms with E-state index in [9.17, 15) is 14.5 Å². The Bertz CT molecular complexity index is 467. The molecule has 0 saturated carbocycles. The van der Waals surface area contributed by atoms with Gasteiger partial charge >= 0.3 is 11.6 Å². The minimum Gasteiger partial charge on any atom is -0.472 e. The third-order valence-corrected chi connectivity index (χ3v) is 3.01. The van der Waals surface area contributed by atoms with Gasteiger partial charge in [-0.2, -0.15) is 0 Å². The standard InChI is InChI=1S/C11H16FN3O5/c12-8-7-19-5-2-9(8)14-6-10(15(17)18)11(13-14)20-4-1-3-16/h6,8-9,16H,1-5,7H2/t8-,9?/m0/s1. The highest BCUT2D eigenvalue weighted by molar-refractivity contribution is 5.38. The lowest BCUT2D eigenvalue weighted by Crippen LogP contribution is -2.31. The molecule has 1 saturated heterocycles. The first-order chi connectivity index (χ1) is 9.63. The van der Waals surface area contributed by atoms with Gasteiger partial charge in [0.25, 0.3) is 0 Å². The Labute approximate surface area is 114 Å². The average molecular weight is 289 g/mol. The summed E-state index contributed by atoms with van der Waals surface area (Å²) in [6, 6.07) is -0.586. The van der Waals surface area contributed by atoms with Crippen molar-refractivity contribution in [3.63, 3.8) is 0 Å². The topological polar surface area (TPSA) is 99.7 Å². The minimum absolute atomic E-state index is 0.0426. The van der Waals surface area contributed by atoms with Crippen LogP contribution in [-0.4, -0.2) is 52.4 Å². The van der Waals surface area contributed by atoms with Crippen molar-refractivity contribution < 1.29 is 23.9 Å². The zero-order valence-electron chi connectivity index (χ0n) is 10.8. The van der Waals surface area contributed by atoms with Crippen LogP contribution in [0.1, 0.15) is 18.9 Å². The largest absolute Gasteiger partial charge is 0.472 e. The van der Waals surface area contributed by atoms with Crippen molar-refractivity contribution in [3.8, 4) is 5.88 Å². The van der Waals surface area contributed by atoms with Crippen LogP contribution < -0.4 is 4.74 Å². The lowest BCUT2D eigenvalue weighted by atomic mass is 10.1. The van der Waals surface area contributed by atoms with Crippen molar-refractivity contribution in [2.75, 3.05) is 26.4 Å². The molecule has 0 bridgehead atoms. The molecule has 2 heterocycles. The van der Waals surface area contributed by atoms with E-state index in [1.807, 2.05) is 0 Å². The summed E-state index contributed by atoms with van der Waals surface area (Å²) in [5, 5.41) is 23.6. The summed E-state index contributed by atoms with van der Waals surface area (Å²) in [4.78, 5) is 10.3. The van der Waals surface area contributed by atoms with E-state index < -0.39 is 17.1 Å². The van der Waals surface area contributed by atoms with Crippen LogP contribution in [0.15, 0.2) is 6.20 Å². The van der Waals surface area contributed by atoms with Crippen molar-refractivity contribution in [2.24, 2.45) is 0 Å². The first kappa shape index (κ1) is 14.7. The van der Waals surface area contributed by atoms with Gasteiger partial charge in [0.05, 0.1) is 24.2 Å². The van der Waals surface area contributed by atoms with E-state index >= 15 is 0 Å². The number of alkyl halides is 1. The van der Waals surface area contributed by atoms with Gasteiger partial charge in [0, 0.05) is 19.6 Å². The Hall–Kier alpha value is -1.74. The van der Waals surface area contributed by atoms with Gasteiger partial charge in [0.1, 0.15) is 12.4 Å². The molecule has 1 unspecified atom stereocenters. The van der Waals surface area contributed by atoms with Gasteiger partial charge in [-0.15, -0.1) is 5.10 Å². The third-order valence-electron chi connectivity index (χ3n) is 3.01. The molecule has 1 fully saturated rings. The van der Waals surface area contributed by atoms with E-state index in [2.05, 4.69) is 5.10 Å². The highest BCUT2D eigenvalue weighted by Crippen LogP contribution is 2.30. The maximum absolute atomic E-state index is 13.8. The normalized spacial score (nSPS) is 22.7. The van der Waals surface area contributed by atoms with E-state index in [1.165, 1.54) is 10.9 Å². The second-order valence-corrected chi connectivity index (χ2v) is 4.43. The molecule has 8 nitrogen and oxygen atoms in total. The summed E-state index contributed by atoms with van der Waals surface area (Å²) in [7, 11) is 0. The van der Waals surface area contributed by atoms with Gasteiger partial charge < -0.3 is 14.6 Å². The van der Waals surface area contributed by atoms with E-state index in [0.717, 1.165) is 0 Å². The van der Waals surface area contributed by atoms with Gasteiger partial charge in [-0.1, -0.05) is 0 Å². The van der Waals surface area contributed by atoms with Gasteiger partial charge in [0.15, 0.2) is 0 Å². The van der Waals surface area contributed by atoms with Gasteiger partial charge in [-0.05, 0) is 6.42 Å². The van der Waals surface area contributed by atoms with Gasteiger partial charge in [0.2, 0.25) is 0 Å². The number of aromatic nitrogens is 2. The van der Waals surface area contributed by atoms with Crippen LogP contribution in [0.25, 0.3) is 0 Å². The molecule has 0 spiro atoms. The smallest absolute Gasteiger partial charge is 0.350 e. The average Bonchev–Trinajstić information content (AvgIpc) is 2.84. The molecule has 0 aromatic carbocycles. The molecular formula is C11H16FN3O5. The SMILES string of the molecule is O=[N+]([O-])c1cn(C2CCOC[C@@H]2F)nc1OCCCO. The number of rotatable bonds is 6. The summed E-state index contributed by atoms with van der Waals surface area (Å²) >= 11 is 0. The fourth-order valence-electron chi connectivity index (χ4n) is 1.99. The first-order valence-corrected chi connectivity index (χ1v) is 6.32. The molecule has 2 atom stereocenters. The minimum atomic E-state index is -1.26. The quantitative estimate of drug-likeness (QED) is 0.473. The Kier molecular flexibility index (Phi) is 4.85. The predicted octanol–water partition coefficient (Wildman–Crippen LogP) is 0.852. The number of nitrogens with zero attached hydrogens (tertiary/aromatic N) is 3. The van der Waals surface area contributed by atoms with Crippen molar-refractivity contribution in [2.45, 2.75) is 25.1 Å². The van der Waals surface area contributed by atoms with Gasteiger partial charge in [-0.3, -0.25) is 14.8 Å². The Morgan fingerprint density at radius 3 is 3.15 bits per heavy atom. The Balaban J connectivity index is 2.17. The zero-order valence-corrected chi connectivity index (χ0v) is 10.8. The summed E-state index contributed by atoms with van der Waals surface area (Å²) in [5.41, 5.74) is -0.304. The Morgan fingerprint density at radius 2 is 2.50 bits per heavy atom. The Morgan fingerprint density at radius 1 is 1.70 bits per heavy atom. The van der Waals surface area contributed by atoms with Crippen LogP contribution in [0.5, 0.6) is 5.88 Å². The zero-order chi connectivity index (χ0) is 14.5. The van der Waals surface area contributed by atoms with E-state index in [-0.39, 0.29) is 31.4 Å². The lowest BCUT2D eigenvalue weighted by Gasteiger charge is -2.25. The third kappa shape index (κ3) is 3.23. The van der Waals surface area contributed by atoms with Crippen LogP contribution in [0.2, 0.25) is 0 Å². The maximum atomic E-state index is 13.8. The van der Waals surface area contributed by atoms with Gasteiger partial charge in [-0.25, -0.2) is 4.39 Å². The van der Waals surface area contributed by atoms with Crippen LogP contribution >= 0.6 is 0 Å². The molecule has 20 heavy (non-hydrogen) atoms. The van der Waals surface area contributed by atoms with E-state index in [0.29, 0.717) is 19.4 Å². The number of aliphatic hydroxyl groups excluding tert-OH is 1. The number of halogens is 1. The first-order valence-electron chi connectivity index (χ1n) is 6.32. The maximum Gasteiger partial charge on any atom is 0.350 e. The molecule has 1 N–H and O–H groups in total. The molecule has 0 amide bonds. The molecule has 9 heteroatoms. The second-order valence-electron chi connectivity index (χ2n) is 4.43. The molecular weight excluding hydrogens is 273 g/mol. The number of ether oxygens (including phenoxy) is 2. The summed E-state index contributed by atoms with van der Waals surface area (Å²) in [5.74, 6) is -0.151. The van der Waals surface area contributed by atoms with Crippen LogP contribution in [0, 0.1) is 10.1 Å². The molecule has 1 aliphatic heterocycles. The van der Waals surface area contributed by atoms with Crippen molar-refractivity contribution in [1.29, 1.82) is 0 Å². The highest BCUT2D eigenvalue weighted by Gasteiger charge is 2.31. The number of hydrogen-bond donors (Lipinski definition) is 1. The van der Waals surface area contributed by atoms with E-state index in [4.69, 9.17) is 14.6 Å². The summed E-state index contributed by atoms with van der Waals surface area (Å²) in [6.07, 6.45) is 0.661. The summed E-state index contributed by atoms with van der Waals surface area (Å²) < 4.78 is 25.1. The molecule has 2 rings (SSSR count). The molecule has 1 aromatic heterocycles. The molecule has 112 valence electrons. The molecule has 1 aliphatic rings. The number of nitro groups is 1. The summed E-state index contributed by atoms with van der Waals surface area (Å²) in [6.45, 7) is 0.376. The van der Waals surface area contributed by atoms with Crippen molar-refractivity contribution >= 4 is 5.69 Å². The molecule has 0 aliphatic carbocycles. The molecule has 0 radical (unpaired) electrons. The second kappa shape index (κ2) is 6.62. The predicted molar refractivity (Wildman–Crippen MR) is 65.4 cm³/mol. The highest BCUT2D eigenvalue weighted by atomic mass is 19.1. The van der Waals surface area contributed by atoms with Crippen molar-refractivity contribution in [3.05, 3.63) is 16.3 Å². The van der Waals surface area contributed by atoms with Crippen LogP contribution in [0.4, 0.5) is 10.1 Å². The fourth-order valence-corrected chi connectivity index (χ4v) is 1.99. The number of aliphatic hydroxyl groups is 1. The fraction of sp³-hybridized carbons (Fsp3) is 0.727. The van der Waals surface area contributed by atoms with E-state index in [1.54, 1.807) is 0 Å².